The molecular formula is C17H30N2S. The molecule has 114 valence electrons. The molecule has 2 aliphatic carbocycles. The van der Waals surface area contributed by atoms with Gasteiger partial charge in [-0.3, -0.25) is 4.99 Å². The minimum Gasteiger partial charge on any atom is -0.362 e. The fourth-order valence-electron chi connectivity index (χ4n) is 4.18. The molecule has 1 aliphatic heterocycles. The molecule has 0 aromatic carbocycles. The first-order valence-electron chi connectivity index (χ1n) is 8.82. The van der Waals surface area contributed by atoms with Crippen molar-refractivity contribution < 1.29 is 0 Å². The van der Waals surface area contributed by atoms with Crippen molar-refractivity contribution >= 4 is 16.9 Å². The average Bonchev–Trinajstić information content (AvgIpc) is 2.49. The van der Waals surface area contributed by atoms with Gasteiger partial charge in [-0.25, -0.2) is 0 Å². The van der Waals surface area contributed by atoms with Crippen molar-refractivity contribution in [3.63, 3.8) is 0 Å². The molecule has 0 saturated heterocycles. The second-order valence-corrected chi connectivity index (χ2v) is 8.02. The molecule has 2 unspecified atom stereocenters. The molecule has 1 heterocycles. The summed E-state index contributed by atoms with van der Waals surface area (Å²) < 4.78 is 0. The molecule has 3 heteroatoms. The second-order valence-electron chi connectivity index (χ2n) is 7.01. The Labute approximate surface area is 128 Å². The van der Waals surface area contributed by atoms with Crippen LogP contribution in [0.15, 0.2) is 4.99 Å². The number of rotatable bonds is 3. The first kappa shape index (κ1) is 14.7. The predicted molar refractivity (Wildman–Crippen MR) is 89.4 cm³/mol. The standard InChI is InChI=1S/C17H30N2S/c1-2-5-13-8-10-15(11-9-13)18-17-19-16-7-4-3-6-14(16)12-20-17/h13-16H,2-12H2,1H3,(H,18,19). The van der Waals surface area contributed by atoms with Crippen molar-refractivity contribution in [3.05, 3.63) is 0 Å². The maximum atomic E-state index is 5.02. The van der Waals surface area contributed by atoms with Crippen LogP contribution in [-0.4, -0.2) is 23.0 Å². The van der Waals surface area contributed by atoms with Gasteiger partial charge in [-0.1, -0.05) is 44.4 Å². The highest BCUT2D eigenvalue weighted by molar-refractivity contribution is 8.13. The van der Waals surface area contributed by atoms with E-state index in [0.29, 0.717) is 12.1 Å². The molecule has 0 radical (unpaired) electrons. The van der Waals surface area contributed by atoms with Crippen molar-refractivity contribution in [2.75, 3.05) is 5.75 Å². The Morgan fingerprint density at radius 3 is 2.70 bits per heavy atom. The molecule has 0 amide bonds. The van der Waals surface area contributed by atoms with Gasteiger partial charge >= 0.3 is 0 Å². The van der Waals surface area contributed by atoms with Crippen LogP contribution in [0.1, 0.15) is 71.1 Å². The van der Waals surface area contributed by atoms with Crippen LogP contribution in [0.25, 0.3) is 0 Å². The number of nitrogens with one attached hydrogen (secondary N) is 1. The highest BCUT2D eigenvalue weighted by Crippen LogP contribution is 2.34. The predicted octanol–water partition coefficient (Wildman–Crippen LogP) is 4.60. The molecule has 20 heavy (non-hydrogen) atoms. The molecule has 3 rings (SSSR count). The summed E-state index contributed by atoms with van der Waals surface area (Å²) in [5.41, 5.74) is 0. The zero-order valence-corrected chi connectivity index (χ0v) is 13.8. The summed E-state index contributed by atoms with van der Waals surface area (Å²) >= 11 is 1.99. The SMILES string of the molecule is CCCC1CCC(NC2=NC3CCCCC3CS2)CC1. The maximum Gasteiger partial charge on any atom is 0.157 e. The third-order valence-electron chi connectivity index (χ3n) is 5.46. The Balaban J connectivity index is 1.48. The molecule has 2 atom stereocenters. The largest absolute Gasteiger partial charge is 0.362 e. The third-order valence-corrected chi connectivity index (χ3v) is 6.55. The maximum absolute atomic E-state index is 5.02. The monoisotopic (exact) mass is 294 g/mol. The first-order chi connectivity index (χ1) is 9.85. The van der Waals surface area contributed by atoms with Crippen LogP contribution in [-0.2, 0) is 0 Å². The smallest absolute Gasteiger partial charge is 0.157 e. The Hall–Kier alpha value is -0.180. The van der Waals surface area contributed by atoms with E-state index in [-0.39, 0.29) is 0 Å². The molecule has 3 aliphatic rings. The summed E-state index contributed by atoms with van der Waals surface area (Å²) in [6.45, 7) is 2.32. The van der Waals surface area contributed by atoms with Crippen LogP contribution in [0.2, 0.25) is 0 Å². The number of hydrogen-bond acceptors (Lipinski definition) is 3. The van der Waals surface area contributed by atoms with Crippen LogP contribution in [0, 0.1) is 11.8 Å². The van der Waals surface area contributed by atoms with Crippen molar-refractivity contribution in [1.82, 2.24) is 5.32 Å². The van der Waals surface area contributed by atoms with E-state index < -0.39 is 0 Å². The van der Waals surface area contributed by atoms with Crippen molar-refractivity contribution in [3.8, 4) is 0 Å². The number of amidine groups is 1. The first-order valence-corrected chi connectivity index (χ1v) is 9.81. The van der Waals surface area contributed by atoms with E-state index in [1.165, 1.54) is 75.1 Å². The average molecular weight is 295 g/mol. The molecule has 0 aromatic rings. The van der Waals surface area contributed by atoms with Gasteiger partial charge in [-0.05, 0) is 50.4 Å². The lowest BCUT2D eigenvalue weighted by atomic mass is 9.83. The zero-order chi connectivity index (χ0) is 13.8. The Morgan fingerprint density at radius 2 is 1.90 bits per heavy atom. The lowest BCUT2D eigenvalue weighted by Gasteiger charge is -2.35. The molecule has 0 bridgehead atoms. The molecule has 1 N–H and O–H groups in total. The summed E-state index contributed by atoms with van der Waals surface area (Å²) in [5, 5.41) is 5.04. The molecular weight excluding hydrogens is 264 g/mol. The summed E-state index contributed by atoms with van der Waals surface area (Å²) in [7, 11) is 0. The highest BCUT2D eigenvalue weighted by Gasteiger charge is 2.30. The third kappa shape index (κ3) is 3.72. The lowest BCUT2D eigenvalue weighted by Crippen LogP contribution is -2.40. The van der Waals surface area contributed by atoms with Crippen molar-refractivity contribution in [2.24, 2.45) is 16.8 Å². The van der Waals surface area contributed by atoms with Gasteiger partial charge in [0, 0.05) is 11.8 Å². The minimum atomic E-state index is 0.643. The van der Waals surface area contributed by atoms with Gasteiger partial charge in [-0.15, -0.1) is 0 Å². The zero-order valence-electron chi connectivity index (χ0n) is 12.9. The second kappa shape index (κ2) is 7.20. The van der Waals surface area contributed by atoms with E-state index in [4.69, 9.17) is 4.99 Å². The van der Waals surface area contributed by atoms with Crippen LogP contribution >= 0.6 is 11.8 Å². The van der Waals surface area contributed by atoms with Crippen LogP contribution in [0.3, 0.4) is 0 Å². The van der Waals surface area contributed by atoms with E-state index in [1.54, 1.807) is 0 Å². The van der Waals surface area contributed by atoms with Gasteiger partial charge < -0.3 is 5.32 Å². The van der Waals surface area contributed by atoms with Gasteiger partial charge in [0.25, 0.3) is 0 Å². The van der Waals surface area contributed by atoms with Gasteiger partial charge in [0.1, 0.15) is 0 Å². The summed E-state index contributed by atoms with van der Waals surface area (Å²) in [4.78, 5) is 5.02. The summed E-state index contributed by atoms with van der Waals surface area (Å²) in [6.07, 6.45) is 13.9. The fourth-order valence-corrected chi connectivity index (χ4v) is 5.40. The summed E-state index contributed by atoms with van der Waals surface area (Å²) in [5.74, 6) is 3.18. The van der Waals surface area contributed by atoms with E-state index in [0.717, 1.165) is 11.8 Å². The van der Waals surface area contributed by atoms with Crippen LogP contribution in [0.5, 0.6) is 0 Å². The van der Waals surface area contributed by atoms with Crippen LogP contribution < -0.4 is 5.32 Å². The van der Waals surface area contributed by atoms with Crippen molar-refractivity contribution in [1.29, 1.82) is 0 Å². The molecule has 0 aromatic heterocycles. The summed E-state index contributed by atoms with van der Waals surface area (Å²) in [6, 6.07) is 1.35. The normalized spacial score (nSPS) is 38.0. The van der Waals surface area contributed by atoms with Gasteiger partial charge in [0.05, 0.1) is 6.04 Å². The molecule has 2 saturated carbocycles. The number of fused-ring (bicyclic) bond motifs is 1. The van der Waals surface area contributed by atoms with Gasteiger partial charge in [0.2, 0.25) is 0 Å². The number of aliphatic imine (C=N–C) groups is 1. The molecule has 2 fully saturated rings. The molecule has 2 nitrogen and oxygen atoms in total. The minimum absolute atomic E-state index is 0.643. The highest BCUT2D eigenvalue weighted by atomic mass is 32.2. The van der Waals surface area contributed by atoms with Gasteiger partial charge in [-0.2, -0.15) is 0 Å². The van der Waals surface area contributed by atoms with Crippen LogP contribution in [0.4, 0.5) is 0 Å². The Morgan fingerprint density at radius 1 is 1.10 bits per heavy atom. The van der Waals surface area contributed by atoms with E-state index in [2.05, 4.69) is 12.2 Å². The lowest BCUT2D eigenvalue weighted by molar-refractivity contribution is 0.295. The number of hydrogen-bond donors (Lipinski definition) is 1. The van der Waals surface area contributed by atoms with Crippen molar-refractivity contribution in [2.45, 2.75) is 83.2 Å². The van der Waals surface area contributed by atoms with Gasteiger partial charge in [0.15, 0.2) is 5.17 Å². The number of thioether (sulfide) groups is 1. The molecule has 0 spiro atoms. The quantitative estimate of drug-likeness (QED) is 0.823. The van der Waals surface area contributed by atoms with E-state index >= 15 is 0 Å². The number of nitrogens with zero attached hydrogens (tertiary/aromatic N) is 1. The Bertz CT molecular complexity index is 334. The Kier molecular flexibility index (Phi) is 5.30. The van der Waals surface area contributed by atoms with E-state index in [9.17, 15) is 0 Å². The topological polar surface area (TPSA) is 24.4 Å². The van der Waals surface area contributed by atoms with E-state index in [1.807, 2.05) is 11.8 Å². The fraction of sp³-hybridized carbons (Fsp3) is 0.941.